The van der Waals surface area contributed by atoms with Crippen LogP contribution in [0.5, 0.6) is 0 Å². The van der Waals surface area contributed by atoms with Gasteiger partial charge in [-0.25, -0.2) is 8.42 Å². The summed E-state index contributed by atoms with van der Waals surface area (Å²) in [6, 6.07) is 7.99. The SMILES string of the molecule is CS(=O)(=O)c1cc(Br)ccc1NC=C(C#N)C#N. The highest BCUT2D eigenvalue weighted by Gasteiger charge is 2.13. The van der Waals surface area contributed by atoms with Gasteiger partial charge in [0, 0.05) is 16.9 Å². The Bertz CT molecular complexity index is 665. The molecule has 0 saturated heterocycles. The number of hydrogen-bond donors (Lipinski definition) is 1. The Hall–Kier alpha value is -1.83. The minimum absolute atomic E-state index is 0.0864. The summed E-state index contributed by atoms with van der Waals surface area (Å²) in [5.74, 6) is 0. The van der Waals surface area contributed by atoms with Crippen LogP contribution in [0.25, 0.3) is 0 Å². The Morgan fingerprint density at radius 2 is 2.00 bits per heavy atom. The minimum Gasteiger partial charge on any atom is -0.359 e. The standard InChI is InChI=1S/C11H8BrN3O2S/c1-18(16,17)11-4-9(12)2-3-10(11)15-7-8(5-13)6-14/h2-4,7,15H,1H3. The molecule has 1 rings (SSSR count). The van der Waals surface area contributed by atoms with Gasteiger partial charge < -0.3 is 5.32 Å². The smallest absolute Gasteiger partial charge is 0.177 e. The average molecular weight is 326 g/mol. The summed E-state index contributed by atoms with van der Waals surface area (Å²) in [4.78, 5) is 0.0864. The number of hydrogen-bond acceptors (Lipinski definition) is 5. The molecule has 7 heteroatoms. The Kier molecular flexibility index (Phi) is 4.49. The summed E-state index contributed by atoms with van der Waals surface area (Å²) >= 11 is 3.18. The zero-order valence-corrected chi connectivity index (χ0v) is 11.7. The van der Waals surface area contributed by atoms with Crippen LogP contribution in [0.3, 0.4) is 0 Å². The van der Waals surface area contributed by atoms with E-state index in [1.54, 1.807) is 24.3 Å². The Morgan fingerprint density at radius 1 is 1.39 bits per heavy atom. The van der Waals surface area contributed by atoms with Crippen molar-refractivity contribution in [3.05, 3.63) is 34.4 Å². The van der Waals surface area contributed by atoms with Crippen molar-refractivity contribution in [2.24, 2.45) is 0 Å². The van der Waals surface area contributed by atoms with Crippen molar-refractivity contribution < 1.29 is 8.42 Å². The first-order valence-electron chi connectivity index (χ1n) is 4.65. The van der Waals surface area contributed by atoms with Crippen molar-refractivity contribution in [2.75, 3.05) is 11.6 Å². The van der Waals surface area contributed by atoms with Crippen molar-refractivity contribution >= 4 is 31.5 Å². The highest BCUT2D eigenvalue weighted by Crippen LogP contribution is 2.25. The van der Waals surface area contributed by atoms with Gasteiger partial charge in [0.05, 0.1) is 10.6 Å². The lowest BCUT2D eigenvalue weighted by Crippen LogP contribution is -2.02. The van der Waals surface area contributed by atoms with E-state index in [0.717, 1.165) is 12.5 Å². The number of anilines is 1. The quantitative estimate of drug-likeness (QED) is 0.859. The second-order valence-corrected chi connectivity index (χ2v) is 6.24. The number of nitrogens with one attached hydrogen (secondary N) is 1. The summed E-state index contributed by atoms with van der Waals surface area (Å²) in [7, 11) is -3.40. The summed E-state index contributed by atoms with van der Waals surface area (Å²) in [5, 5.41) is 19.8. The highest BCUT2D eigenvalue weighted by atomic mass is 79.9. The number of benzene rings is 1. The highest BCUT2D eigenvalue weighted by molar-refractivity contribution is 9.10. The molecule has 0 spiro atoms. The monoisotopic (exact) mass is 325 g/mol. The molecule has 0 amide bonds. The van der Waals surface area contributed by atoms with Crippen LogP contribution in [-0.4, -0.2) is 14.7 Å². The Morgan fingerprint density at radius 3 is 2.50 bits per heavy atom. The number of nitriles is 2. The normalized spacial score (nSPS) is 10.0. The summed E-state index contributed by atoms with van der Waals surface area (Å²) in [6.45, 7) is 0. The van der Waals surface area contributed by atoms with Crippen LogP contribution in [0.1, 0.15) is 0 Å². The van der Waals surface area contributed by atoms with E-state index >= 15 is 0 Å². The maximum Gasteiger partial charge on any atom is 0.177 e. The third-order valence-electron chi connectivity index (χ3n) is 1.96. The maximum atomic E-state index is 11.6. The number of nitrogens with zero attached hydrogens (tertiary/aromatic N) is 2. The third-order valence-corrected chi connectivity index (χ3v) is 3.59. The molecular formula is C11H8BrN3O2S. The van der Waals surface area contributed by atoms with E-state index < -0.39 is 9.84 Å². The molecule has 5 nitrogen and oxygen atoms in total. The largest absolute Gasteiger partial charge is 0.359 e. The molecule has 1 aromatic carbocycles. The topological polar surface area (TPSA) is 93.8 Å². The molecule has 0 fully saturated rings. The van der Waals surface area contributed by atoms with Crippen LogP contribution in [0.4, 0.5) is 5.69 Å². The molecule has 0 unspecified atom stereocenters. The van der Waals surface area contributed by atoms with Crippen LogP contribution in [0.15, 0.2) is 39.3 Å². The van der Waals surface area contributed by atoms with Gasteiger partial charge in [-0.15, -0.1) is 0 Å². The average Bonchev–Trinajstić information content (AvgIpc) is 2.30. The zero-order chi connectivity index (χ0) is 13.8. The first-order valence-corrected chi connectivity index (χ1v) is 7.33. The molecule has 0 atom stereocenters. The molecule has 92 valence electrons. The van der Waals surface area contributed by atoms with Crippen molar-refractivity contribution in [1.82, 2.24) is 0 Å². The van der Waals surface area contributed by atoms with Crippen LogP contribution in [0.2, 0.25) is 0 Å². The predicted molar refractivity (Wildman–Crippen MR) is 70.2 cm³/mol. The first-order chi connectivity index (χ1) is 8.38. The second-order valence-electron chi connectivity index (χ2n) is 3.34. The molecule has 0 aliphatic rings. The molecule has 0 aliphatic heterocycles. The molecule has 1 aromatic rings. The van der Waals surface area contributed by atoms with E-state index in [1.165, 1.54) is 6.07 Å². The van der Waals surface area contributed by atoms with E-state index in [-0.39, 0.29) is 10.5 Å². The van der Waals surface area contributed by atoms with Gasteiger partial charge in [0.1, 0.15) is 17.7 Å². The van der Waals surface area contributed by atoms with E-state index in [1.807, 2.05) is 0 Å². The number of sulfone groups is 1. The Balaban J connectivity index is 3.24. The van der Waals surface area contributed by atoms with Gasteiger partial charge in [-0.1, -0.05) is 15.9 Å². The maximum absolute atomic E-state index is 11.6. The van der Waals surface area contributed by atoms with Gasteiger partial charge >= 0.3 is 0 Å². The molecule has 18 heavy (non-hydrogen) atoms. The summed E-state index contributed by atoms with van der Waals surface area (Å²) in [6.07, 6.45) is 2.25. The van der Waals surface area contributed by atoms with E-state index in [2.05, 4.69) is 21.2 Å². The molecular weight excluding hydrogens is 318 g/mol. The van der Waals surface area contributed by atoms with Crippen LogP contribution >= 0.6 is 15.9 Å². The van der Waals surface area contributed by atoms with E-state index in [4.69, 9.17) is 10.5 Å². The fourth-order valence-electron chi connectivity index (χ4n) is 1.16. The van der Waals surface area contributed by atoms with Crippen molar-refractivity contribution in [3.8, 4) is 12.1 Å². The van der Waals surface area contributed by atoms with Gasteiger partial charge in [0.15, 0.2) is 9.84 Å². The lowest BCUT2D eigenvalue weighted by Gasteiger charge is -2.08. The van der Waals surface area contributed by atoms with Gasteiger partial charge in [0.25, 0.3) is 0 Å². The fraction of sp³-hybridized carbons (Fsp3) is 0.0909. The fourth-order valence-corrected chi connectivity index (χ4v) is 2.54. The molecule has 0 radical (unpaired) electrons. The molecule has 1 N–H and O–H groups in total. The Labute approximate surface area is 113 Å². The molecule has 0 bridgehead atoms. The number of halogens is 1. The summed E-state index contributed by atoms with van der Waals surface area (Å²) < 4.78 is 23.8. The van der Waals surface area contributed by atoms with Gasteiger partial charge in [-0.3, -0.25) is 0 Å². The van der Waals surface area contributed by atoms with Gasteiger partial charge in [-0.2, -0.15) is 10.5 Å². The van der Waals surface area contributed by atoms with Crippen LogP contribution < -0.4 is 5.32 Å². The summed E-state index contributed by atoms with van der Waals surface area (Å²) in [5.41, 5.74) is 0.168. The van der Waals surface area contributed by atoms with Crippen LogP contribution in [-0.2, 0) is 9.84 Å². The molecule has 0 aliphatic carbocycles. The second kappa shape index (κ2) is 5.67. The van der Waals surface area contributed by atoms with Gasteiger partial charge in [-0.05, 0) is 18.2 Å². The third kappa shape index (κ3) is 3.59. The molecule has 0 heterocycles. The number of allylic oxidation sites excluding steroid dienone is 1. The minimum atomic E-state index is -3.40. The lowest BCUT2D eigenvalue weighted by atomic mass is 10.3. The lowest BCUT2D eigenvalue weighted by molar-refractivity contribution is 0.602. The van der Waals surface area contributed by atoms with Gasteiger partial charge in [0.2, 0.25) is 0 Å². The molecule has 0 saturated carbocycles. The van der Waals surface area contributed by atoms with Crippen molar-refractivity contribution in [1.29, 1.82) is 10.5 Å². The van der Waals surface area contributed by atoms with Crippen molar-refractivity contribution in [3.63, 3.8) is 0 Å². The van der Waals surface area contributed by atoms with Crippen molar-refractivity contribution in [2.45, 2.75) is 4.90 Å². The van der Waals surface area contributed by atoms with E-state index in [0.29, 0.717) is 10.2 Å². The van der Waals surface area contributed by atoms with Crippen LogP contribution in [0, 0.1) is 22.7 Å². The zero-order valence-electron chi connectivity index (χ0n) is 9.31. The predicted octanol–water partition coefficient (Wildman–Crippen LogP) is 2.20. The first kappa shape index (κ1) is 14.2. The van der Waals surface area contributed by atoms with E-state index in [9.17, 15) is 8.42 Å². The molecule has 0 aromatic heterocycles. The number of rotatable bonds is 3.